The number of benzene rings is 1. The summed E-state index contributed by atoms with van der Waals surface area (Å²) in [4.78, 5) is 0. The summed E-state index contributed by atoms with van der Waals surface area (Å²) in [7, 11) is 0. The van der Waals surface area contributed by atoms with E-state index in [4.69, 9.17) is 25.7 Å². The van der Waals surface area contributed by atoms with E-state index in [1.807, 2.05) is 6.92 Å². The Morgan fingerprint density at radius 2 is 1.71 bits per heavy atom. The highest BCUT2D eigenvalue weighted by molar-refractivity contribution is 5.60. The first kappa shape index (κ1) is 13.6. The molecule has 0 fully saturated rings. The van der Waals surface area contributed by atoms with Crippen LogP contribution in [0.5, 0.6) is 5.75 Å². The molecule has 5 heteroatoms. The lowest BCUT2D eigenvalue weighted by Crippen LogP contribution is -2.11. The van der Waals surface area contributed by atoms with Crippen molar-refractivity contribution in [3.05, 3.63) is 18.2 Å². The highest BCUT2D eigenvalue weighted by Crippen LogP contribution is 2.23. The van der Waals surface area contributed by atoms with Gasteiger partial charge in [-0.2, -0.15) is 0 Å². The molecule has 0 saturated heterocycles. The fourth-order valence-corrected chi connectivity index (χ4v) is 1.27. The first-order valence-corrected chi connectivity index (χ1v) is 5.67. The van der Waals surface area contributed by atoms with Gasteiger partial charge in [0.1, 0.15) is 12.4 Å². The standard InChI is InChI=1S/C12H20N2O3/c1-2-15-5-6-16-7-8-17-12-4-3-10(13)9-11(12)14/h3-4,9H,2,5-8,13-14H2,1H3. The molecule has 96 valence electrons. The molecule has 0 aliphatic carbocycles. The van der Waals surface area contributed by atoms with Crippen LogP contribution in [0.2, 0.25) is 0 Å². The zero-order valence-electron chi connectivity index (χ0n) is 10.1. The number of nitrogens with two attached hydrogens (primary N) is 2. The number of hydrogen-bond donors (Lipinski definition) is 2. The van der Waals surface area contributed by atoms with Crippen LogP contribution in [-0.2, 0) is 9.47 Å². The highest BCUT2D eigenvalue weighted by Gasteiger charge is 2.00. The van der Waals surface area contributed by atoms with Gasteiger partial charge >= 0.3 is 0 Å². The number of anilines is 2. The molecule has 0 aromatic heterocycles. The topological polar surface area (TPSA) is 79.7 Å². The minimum absolute atomic E-state index is 0.459. The SMILES string of the molecule is CCOCCOCCOc1ccc(N)cc1N. The van der Waals surface area contributed by atoms with Gasteiger partial charge in [0, 0.05) is 12.3 Å². The third-order valence-corrected chi connectivity index (χ3v) is 2.10. The summed E-state index contributed by atoms with van der Waals surface area (Å²) >= 11 is 0. The second-order valence-corrected chi connectivity index (χ2v) is 3.46. The molecule has 0 aliphatic rings. The summed E-state index contributed by atoms with van der Waals surface area (Å²) < 4.78 is 15.9. The summed E-state index contributed by atoms with van der Waals surface area (Å²) in [5, 5.41) is 0. The zero-order chi connectivity index (χ0) is 12.5. The van der Waals surface area contributed by atoms with Gasteiger partial charge in [0.15, 0.2) is 0 Å². The first-order chi connectivity index (χ1) is 8.24. The maximum Gasteiger partial charge on any atom is 0.142 e. The summed E-state index contributed by atoms with van der Waals surface area (Å²) in [6.45, 7) is 4.82. The van der Waals surface area contributed by atoms with Crippen molar-refractivity contribution in [3.63, 3.8) is 0 Å². The summed E-state index contributed by atoms with van der Waals surface area (Å²) in [5.41, 5.74) is 12.5. The molecule has 0 amide bonds. The molecule has 0 saturated carbocycles. The van der Waals surface area contributed by atoms with Gasteiger partial charge in [-0.05, 0) is 25.1 Å². The molecule has 1 aromatic carbocycles. The van der Waals surface area contributed by atoms with Crippen molar-refractivity contribution in [1.29, 1.82) is 0 Å². The van der Waals surface area contributed by atoms with Crippen molar-refractivity contribution in [2.45, 2.75) is 6.92 Å². The molecule has 0 spiro atoms. The number of ether oxygens (including phenoxy) is 3. The average Bonchev–Trinajstić information content (AvgIpc) is 2.30. The van der Waals surface area contributed by atoms with Gasteiger partial charge in [0.2, 0.25) is 0 Å². The van der Waals surface area contributed by atoms with E-state index in [1.165, 1.54) is 0 Å². The Labute approximate surface area is 102 Å². The molecular weight excluding hydrogens is 220 g/mol. The smallest absolute Gasteiger partial charge is 0.142 e. The third kappa shape index (κ3) is 5.42. The zero-order valence-corrected chi connectivity index (χ0v) is 10.1. The van der Waals surface area contributed by atoms with Crippen molar-refractivity contribution < 1.29 is 14.2 Å². The highest BCUT2D eigenvalue weighted by atomic mass is 16.5. The number of rotatable bonds is 8. The van der Waals surface area contributed by atoms with Crippen molar-refractivity contribution in [3.8, 4) is 5.75 Å². The summed E-state index contributed by atoms with van der Waals surface area (Å²) in [6.07, 6.45) is 0. The normalized spacial score (nSPS) is 10.4. The summed E-state index contributed by atoms with van der Waals surface area (Å²) in [6, 6.07) is 5.18. The minimum atomic E-state index is 0.459. The second-order valence-electron chi connectivity index (χ2n) is 3.46. The van der Waals surface area contributed by atoms with Crippen LogP contribution >= 0.6 is 0 Å². The van der Waals surface area contributed by atoms with Gasteiger partial charge < -0.3 is 25.7 Å². The van der Waals surface area contributed by atoms with E-state index in [-0.39, 0.29) is 0 Å². The van der Waals surface area contributed by atoms with Crippen LogP contribution in [-0.4, -0.2) is 33.0 Å². The Morgan fingerprint density at radius 3 is 2.41 bits per heavy atom. The van der Waals surface area contributed by atoms with E-state index in [0.29, 0.717) is 50.2 Å². The Kier molecular flexibility index (Phi) is 6.21. The van der Waals surface area contributed by atoms with Crippen LogP contribution in [0.4, 0.5) is 11.4 Å². The molecule has 17 heavy (non-hydrogen) atoms. The van der Waals surface area contributed by atoms with Crippen LogP contribution in [0.1, 0.15) is 6.92 Å². The quantitative estimate of drug-likeness (QED) is 0.528. The Hall–Kier alpha value is -1.46. The van der Waals surface area contributed by atoms with Crippen molar-refractivity contribution in [2.75, 3.05) is 44.5 Å². The molecule has 0 bridgehead atoms. The maximum atomic E-state index is 5.74. The van der Waals surface area contributed by atoms with E-state index in [0.717, 1.165) is 0 Å². The fourth-order valence-electron chi connectivity index (χ4n) is 1.27. The molecule has 5 nitrogen and oxygen atoms in total. The van der Waals surface area contributed by atoms with E-state index in [1.54, 1.807) is 18.2 Å². The Balaban J connectivity index is 2.14. The van der Waals surface area contributed by atoms with Gasteiger partial charge in [0.05, 0.1) is 25.5 Å². The van der Waals surface area contributed by atoms with E-state index >= 15 is 0 Å². The molecule has 0 unspecified atom stereocenters. The maximum absolute atomic E-state index is 5.74. The van der Waals surface area contributed by atoms with Crippen molar-refractivity contribution >= 4 is 11.4 Å². The monoisotopic (exact) mass is 240 g/mol. The fraction of sp³-hybridized carbons (Fsp3) is 0.500. The van der Waals surface area contributed by atoms with Crippen LogP contribution < -0.4 is 16.2 Å². The predicted molar refractivity (Wildman–Crippen MR) is 68.1 cm³/mol. The molecule has 0 radical (unpaired) electrons. The van der Waals surface area contributed by atoms with Crippen molar-refractivity contribution in [2.24, 2.45) is 0 Å². The van der Waals surface area contributed by atoms with Crippen LogP contribution in [0, 0.1) is 0 Å². The molecule has 0 aliphatic heterocycles. The average molecular weight is 240 g/mol. The van der Waals surface area contributed by atoms with Gasteiger partial charge in [-0.15, -0.1) is 0 Å². The summed E-state index contributed by atoms with van der Waals surface area (Å²) in [5.74, 6) is 0.632. The molecule has 0 atom stereocenters. The predicted octanol–water partition coefficient (Wildman–Crippen LogP) is 1.28. The lowest BCUT2D eigenvalue weighted by atomic mass is 10.2. The van der Waals surface area contributed by atoms with Gasteiger partial charge in [-0.3, -0.25) is 0 Å². The van der Waals surface area contributed by atoms with E-state index in [9.17, 15) is 0 Å². The number of nitrogen functional groups attached to an aromatic ring is 2. The van der Waals surface area contributed by atoms with Crippen molar-refractivity contribution in [1.82, 2.24) is 0 Å². The Bertz CT molecular complexity index is 332. The molecule has 1 rings (SSSR count). The second kappa shape index (κ2) is 7.76. The van der Waals surface area contributed by atoms with Gasteiger partial charge in [-0.25, -0.2) is 0 Å². The number of hydrogen-bond acceptors (Lipinski definition) is 5. The Morgan fingerprint density at radius 1 is 1.00 bits per heavy atom. The lowest BCUT2D eigenvalue weighted by Gasteiger charge is -2.09. The molecular formula is C12H20N2O3. The minimum Gasteiger partial charge on any atom is -0.489 e. The molecule has 1 aromatic rings. The van der Waals surface area contributed by atoms with Crippen LogP contribution in [0.25, 0.3) is 0 Å². The first-order valence-electron chi connectivity index (χ1n) is 5.67. The van der Waals surface area contributed by atoms with E-state index in [2.05, 4.69) is 0 Å². The van der Waals surface area contributed by atoms with Crippen LogP contribution in [0.3, 0.4) is 0 Å². The largest absolute Gasteiger partial charge is 0.489 e. The van der Waals surface area contributed by atoms with Crippen LogP contribution in [0.15, 0.2) is 18.2 Å². The lowest BCUT2D eigenvalue weighted by molar-refractivity contribution is 0.0406. The van der Waals surface area contributed by atoms with Gasteiger partial charge in [-0.1, -0.05) is 0 Å². The van der Waals surface area contributed by atoms with Gasteiger partial charge in [0.25, 0.3) is 0 Å². The molecule has 0 heterocycles. The third-order valence-electron chi connectivity index (χ3n) is 2.10. The molecule has 4 N–H and O–H groups in total. The van der Waals surface area contributed by atoms with E-state index < -0.39 is 0 Å².